The van der Waals surface area contributed by atoms with Gasteiger partial charge in [0.2, 0.25) is 5.78 Å². The van der Waals surface area contributed by atoms with Crippen molar-refractivity contribution in [1.29, 1.82) is 0 Å². The number of hydrogen-bond acceptors (Lipinski definition) is 2. The average Bonchev–Trinajstić information content (AvgIpc) is 2.31. The van der Waals surface area contributed by atoms with Crippen LogP contribution in [-0.2, 0) is 7.05 Å². The highest BCUT2D eigenvalue weighted by Gasteiger charge is 2.08. The van der Waals surface area contributed by atoms with Gasteiger partial charge in [-0.1, -0.05) is 5.57 Å². The molecule has 0 aliphatic heterocycles. The number of aromatic nitrogens is 2. The number of ketones is 1. The van der Waals surface area contributed by atoms with Gasteiger partial charge in [0, 0.05) is 7.05 Å². The number of carbonyl (C=O) groups is 1. The molecular weight excluding hydrogens is 164 g/mol. The summed E-state index contributed by atoms with van der Waals surface area (Å²) in [7, 11) is 1.84. The summed E-state index contributed by atoms with van der Waals surface area (Å²) in [5.74, 6) is 0.869. The van der Waals surface area contributed by atoms with Gasteiger partial charge in [-0.3, -0.25) is 4.79 Å². The average molecular weight is 178 g/mol. The Morgan fingerprint density at radius 2 is 2.15 bits per heavy atom. The van der Waals surface area contributed by atoms with Crippen LogP contribution in [0.4, 0.5) is 0 Å². The van der Waals surface area contributed by atoms with E-state index in [9.17, 15) is 4.79 Å². The molecule has 0 atom stereocenters. The molecule has 0 saturated carbocycles. The molecule has 0 unspecified atom stereocenters. The summed E-state index contributed by atoms with van der Waals surface area (Å²) in [6.07, 6.45) is 3.23. The molecule has 1 heterocycles. The summed E-state index contributed by atoms with van der Waals surface area (Å²) in [4.78, 5) is 15.6. The lowest BCUT2D eigenvalue weighted by Gasteiger charge is -1.99. The first kappa shape index (κ1) is 9.71. The molecule has 1 rings (SSSR count). The van der Waals surface area contributed by atoms with Crippen molar-refractivity contribution in [2.24, 2.45) is 7.05 Å². The molecule has 0 aliphatic carbocycles. The van der Waals surface area contributed by atoms with E-state index in [-0.39, 0.29) is 5.78 Å². The van der Waals surface area contributed by atoms with Crippen LogP contribution in [0.15, 0.2) is 17.8 Å². The van der Waals surface area contributed by atoms with Gasteiger partial charge in [-0.15, -0.1) is 0 Å². The zero-order valence-corrected chi connectivity index (χ0v) is 8.46. The Balaban J connectivity index is 3.03. The molecule has 0 radical (unpaired) electrons. The van der Waals surface area contributed by atoms with Gasteiger partial charge in [0.15, 0.2) is 0 Å². The maximum Gasteiger partial charge on any atom is 0.203 e. The van der Waals surface area contributed by atoms with Crippen LogP contribution in [0, 0.1) is 6.92 Å². The quantitative estimate of drug-likeness (QED) is 0.512. The predicted molar refractivity (Wildman–Crippen MR) is 51.7 cm³/mol. The topological polar surface area (TPSA) is 34.9 Å². The molecule has 1 aromatic heterocycles. The van der Waals surface area contributed by atoms with Gasteiger partial charge in [-0.05, 0) is 26.8 Å². The third-order valence-corrected chi connectivity index (χ3v) is 1.89. The molecule has 3 heteroatoms. The maximum atomic E-state index is 11.6. The van der Waals surface area contributed by atoms with Crippen LogP contribution in [0.1, 0.15) is 30.2 Å². The lowest BCUT2D eigenvalue weighted by molar-refractivity contribution is 0.103. The summed E-state index contributed by atoms with van der Waals surface area (Å²) in [6, 6.07) is 0. The van der Waals surface area contributed by atoms with Crippen molar-refractivity contribution in [2.75, 3.05) is 0 Å². The fourth-order valence-electron chi connectivity index (χ4n) is 1.07. The summed E-state index contributed by atoms with van der Waals surface area (Å²) in [5, 5.41) is 0. The maximum absolute atomic E-state index is 11.6. The van der Waals surface area contributed by atoms with Gasteiger partial charge >= 0.3 is 0 Å². The van der Waals surface area contributed by atoms with Gasteiger partial charge in [-0.25, -0.2) is 4.98 Å². The Morgan fingerprint density at radius 1 is 1.54 bits per heavy atom. The molecule has 0 aromatic carbocycles. The molecule has 3 nitrogen and oxygen atoms in total. The highest BCUT2D eigenvalue weighted by atomic mass is 16.1. The fourth-order valence-corrected chi connectivity index (χ4v) is 1.07. The minimum Gasteiger partial charge on any atom is -0.329 e. The molecule has 0 N–H and O–H groups in total. The van der Waals surface area contributed by atoms with Crippen molar-refractivity contribution in [2.45, 2.75) is 20.8 Å². The van der Waals surface area contributed by atoms with Crippen LogP contribution < -0.4 is 0 Å². The third-order valence-electron chi connectivity index (χ3n) is 1.89. The minimum atomic E-state index is 0.0168. The number of allylic oxidation sites excluding steroid dienone is 2. The van der Waals surface area contributed by atoms with E-state index >= 15 is 0 Å². The Kier molecular flexibility index (Phi) is 2.66. The lowest BCUT2D eigenvalue weighted by Crippen LogP contribution is -2.04. The van der Waals surface area contributed by atoms with Gasteiger partial charge < -0.3 is 4.57 Å². The molecule has 70 valence electrons. The van der Waals surface area contributed by atoms with E-state index in [2.05, 4.69) is 4.98 Å². The highest BCUT2D eigenvalue weighted by Crippen LogP contribution is 2.04. The van der Waals surface area contributed by atoms with Crippen molar-refractivity contribution in [1.82, 2.24) is 9.55 Å². The SMILES string of the molecule is CC(C)=CC(=O)c1cnc(C)n1C. The van der Waals surface area contributed by atoms with E-state index in [1.807, 2.05) is 27.8 Å². The van der Waals surface area contributed by atoms with Gasteiger partial charge in [0.25, 0.3) is 0 Å². The van der Waals surface area contributed by atoms with E-state index in [1.54, 1.807) is 16.8 Å². The molecule has 0 bridgehead atoms. The van der Waals surface area contributed by atoms with Crippen molar-refractivity contribution in [3.63, 3.8) is 0 Å². The summed E-state index contributed by atoms with van der Waals surface area (Å²) >= 11 is 0. The highest BCUT2D eigenvalue weighted by molar-refractivity contribution is 6.03. The largest absolute Gasteiger partial charge is 0.329 e. The second-order valence-corrected chi connectivity index (χ2v) is 3.34. The summed E-state index contributed by atoms with van der Waals surface area (Å²) in [6.45, 7) is 5.68. The smallest absolute Gasteiger partial charge is 0.203 e. The first-order chi connectivity index (χ1) is 6.02. The molecule has 0 saturated heterocycles. The van der Waals surface area contributed by atoms with Gasteiger partial charge in [-0.2, -0.15) is 0 Å². The number of rotatable bonds is 2. The Morgan fingerprint density at radius 3 is 2.54 bits per heavy atom. The molecule has 0 spiro atoms. The monoisotopic (exact) mass is 178 g/mol. The van der Waals surface area contributed by atoms with E-state index in [4.69, 9.17) is 0 Å². The molecule has 0 fully saturated rings. The number of imidazole rings is 1. The Labute approximate surface area is 78.1 Å². The normalized spacial score (nSPS) is 9.85. The number of hydrogen-bond donors (Lipinski definition) is 0. The zero-order chi connectivity index (χ0) is 10.0. The van der Waals surface area contributed by atoms with E-state index in [0.717, 1.165) is 11.4 Å². The van der Waals surface area contributed by atoms with Crippen LogP contribution in [0.2, 0.25) is 0 Å². The zero-order valence-electron chi connectivity index (χ0n) is 8.46. The second kappa shape index (κ2) is 3.56. The molecule has 0 amide bonds. The number of aryl methyl sites for hydroxylation is 1. The predicted octanol–water partition coefficient (Wildman–Crippen LogP) is 1.88. The second-order valence-electron chi connectivity index (χ2n) is 3.34. The van der Waals surface area contributed by atoms with Crippen molar-refractivity contribution >= 4 is 5.78 Å². The van der Waals surface area contributed by atoms with Crippen LogP contribution >= 0.6 is 0 Å². The van der Waals surface area contributed by atoms with Crippen LogP contribution in [0.3, 0.4) is 0 Å². The number of nitrogens with zero attached hydrogens (tertiary/aromatic N) is 2. The summed E-state index contributed by atoms with van der Waals surface area (Å²) < 4.78 is 1.79. The standard InChI is InChI=1S/C10H14N2O/c1-7(2)5-10(13)9-6-11-8(3)12(9)4/h5-6H,1-4H3. The van der Waals surface area contributed by atoms with Crippen LogP contribution in [0.5, 0.6) is 0 Å². The van der Waals surface area contributed by atoms with Crippen molar-refractivity contribution in [3.8, 4) is 0 Å². The first-order valence-electron chi connectivity index (χ1n) is 4.20. The molecule has 1 aromatic rings. The summed E-state index contributed by atoms with van der Waals surface area (Å²) in [5.41, 5.74) is 1.64. The number of carbonyl (C=O) groups excluding carboxylic acids is 1. The molecular formula is C10H14N2O. The lowest BCUT2D eigenvalue weighted by atomic mass is 10.2. The van der Waals surface area contributed by atoms with Gasteiger partial charge in [0.1, 0.15) is 11.5 Å². The van der Waals surface area contributed by atoms with Crippen molar-refractivity contribution in [3.05, 3.63) is 29.4 Å². The molecule has 0 aliphatic rings. The Bertz CT molecular complexity index is 357. The van der Waals surface area contributed by atoms with Crippen LogP contribution in [-0.4, -0.2) is 15.3 Å². The van der Waals surface area contributed by atoms with Gasteiger partial charge in [0.05, 0.1) is 6.20 Å². The minimum absolute atomic E-state index is 0.0168. The Hall–Kier alpha value is -1.38. The van der Waals surface area contributed by atoms with E-state index in [1.165, 1.54) is 0 Å². The third kappa shape index (κ3) is 2.05. The van der Waals surface area contributed by atoms with E-state index in [0.29, 0.717) is 5.69 Å². The van der Waals surface area contributed by atoms with E-state index < -0.39 is 0 Å². The van der Waals surface area contributed by atoms with Crippen LogP contribution in [0.25, 0.3) is 0 Å². The van der Waals surface area contributed by atoms with Crippen molar-refractivity contribution < 1.29 is 4.79 Å². The molecule has 13 heavy (non-hydrogen) atoms. The fraction of sp³-hybridized carbons (Fsp3) is 0.400. The first-order valence-corrected chi connectivity index (χ1v) is 4.20.